The Morgan fingerprint density at radius 3 is 2.95 bits per heavy atom. The molecule has 1 N–H and O–H groups in total. The average Bonchev–Trinajstić information content (AvgIpc) is 3.05. The van der Waals surface area contributed by atoms with E-state index in [-0.39, 0.29) is 11.5 Å². The van der Waals surface area contributed by atoms with Gasteiger partial charge >= 0.3 is 0 Å². The van der Waals surface area contributed by atoms with Crippen molar-refractivity contribution in [3.63, 3.8) is 0 Å². The number of hydrogen-bond acceptors (Lipinski definition) is 5. The van der Waals surface area contributed by atoms with Gasteiger partial charge in [0.1, 0.15) is 11.3 Å². The van der Waals surface area contributed by atoms with Gasteiger partial charge in [0.2, 0.25) is 0 Å². The van der Waals surface area contributed by atoms with E-state index in [1.54, 1.807) is 19.9 Å². The summed E-state index contributed by atoms with van der Waals surface area (Å²) in [7, 11) is 0. The Kier molecular flexibility index (Phi) is 3.79. The van der Waals surface area contributed by atoms with Crippen molar-refractivity contribution in [2.75, 3.05) is 6.54 Å². The van der Waals surface area contributed by atoms with Crippen LogP contribution in [0.25, 0.3) is 0 Å². The molecule has 2 aromatic rings. The standard InChI is InChI=1S/C15H18N4O3/c1-9-14(10(2)22-18-9)15(21)16-6-7-19-13(20)8-11-4-3-5-12(11)17-19/h8H,3-7H2,1-2H3,(H,16,21). The number of nitrogens with one attached hydrogen (secondary N) is 1. The second kappa shape index (κ2) is 5.75. The molecule has 1 aliphatic carbocycles. The molecule has 3 rings (SSSR count). The lowest BCUT2D eigenvalue weighted by molar-refractivity contribution is 0.0949. The molecule has 2 aromatic heterocycles. The minimum atomic E-state index is -0.245. The number of rotatable bonds is 4. The molecule has 7 heteroatoms. The second-order valence-electron chi connectivity index (χ2n) is 5.49. The minimum absolute atomic E-state index is 0.118. The molecule has 7 nitrogen and oxygen atoms in total. The van der Waals surface area contributed by atoms with Crippen molar-refractivity contribution in [3.8, 4) is 0 Å². The summed E-state index contributed by atoms with van der Waals surface area (Å²) in [5, 5.41) is 10.9. The van der Waals surface area contributed by atoms with Crippen LogP contribution in [0.4, 0.5) is 0 Å². The Bertz CT molecular complexity index is 756. The van der Waals surface area contributed by atoms with Gasteiger partial charge in [-0.3, -0.25) is 9.59 Å². The largest absolute Gasteiger partial charge is 0.361 e. The number of hydrogen-bond donors (Lipinski definition) is 1. The molecule has 1 amide bonds. The quantitative estimate of drug-likeness (QED) is 0.901. The summed E-state index contributed by atoms with van der Waals surface area (Å²) in [6.45, 7) is 4.09. The van der Waals surface area contributed by atoms with Crippen LogP contribution in [0.1, 0.15) is 39.5 Å². The van der Waals surface area contributed by atoms with E-state index in [4.69, 9.17) is 4.52 Å². The SMILES string of the molecule is Cc1noc(C)c1C(=O)NCCn1nc2c(cc1=O)CCC2. The summed E-state index contributed by atoms with van der Waals surface area (Å²) in [4.78, 5) is 24.0. The fourth-order valence-corrected chi connectivity index (χ4v) is 2.77. The number of nitrogens with zero attached hydrogens (tertiary/aromatic N) is 3. The monoisotopic (exact) mass is 302 g/mol. The Morgan fingerprint density at radius 2 is 2.23 bits per heavy atom. The van der Waals surface area contributed by atoms with E-state index in [0.717, 1.165) is 30.5 Å². The van der Waals surface area contributed by atoms with Gasteiger partial charge < -0.3 is 9.84 Å². The molecule has 1 aliphatic rings. The maximum Gasteiger partial charge on any atom is 0.267 e. The summed E-state index contributed by atoms with van der Waals surface area (Å²) < 4.78 is 6.39. The smallest absolute Gasteiger partial charge is 0.267 e. The number of carbonyl (C=O) groups is 1. The van der Waals surface area contributed by atoms with Crippen LogP contribution in [0.15, 0.2) is 15.4 Å². The van der Waals surface area contributed by atoms with Crippen LogP contribution in [0.5, 0.6) is 0 Å². The third-order valence-electron chi connectivity index (χ3n) is 3.89. The molecule has 0 saturated heterocycles. The van der Waals surface area contributed by atoms with Crippen LogP contribution in [0, 0.1) is 13.8 Å². The van der Waals surface area contributed by atoms with E-state index in [1.165, 1.54) is 4.68 Å². The Hall–Kier alpha value is -2.44. The molecule has 0 saturated carbocycles. The third kappa shape index (κ3) is 2.66. The van der Waals surface area contributed by atoms with Crippen LogP contribution in [-0.4, -0.2) is 27.4 Å². The van der Waals surface area contributed by atoms with Crippen LogP contribution >= 0.6 is 0 Å². The molecule has 0 atom stereocenters. The van der Waals surface area contributed by atoms with E-state index >= 15 is 0 Å². The van der Waals surface area contributed by atoms with E-state index in [9.17, 15) is 9.59 Å². The highest BCUT2D eigenvalue weighted by Crippen LogP contribution is 2.16. The first-order valence-electron chi connectivity index (χ1n) is 7.37. The third-order valence-corrected chi connectivity index (χ3v) is 3.89. The molecule has 0 unspecified atom stereocenters. The van der Waals surface area contributed by atoms with Crippen LogP contribution < -0.4 is 10.9 Å². The highest BCUT2D eigenvalue weighted by molar-refractivity contribution is 5.96. The molecule has 116 valence electrons. The predicted octanol–water partition coefficient (Wildman–Crippen LogP) is 0.767. The maximum atomic E-state index is 12.1. The summed E-state index contributed by atoms with van der Waals surface area (Å²) in [5.41, 5.74) is 2.95. The Labute approximate surface area is 127 Å². The van der Waals surface area contributed by atoms with Gasteiger partial charge in [-0.1, -0.05) is 5.16 Å². The second-order valence-corrected chi connectivity index (χ2v) is 5.49. The van der Waals surface area contributed by atoms with Crippen molar-refractivity contribution >= 4 is 5.91 Å². The number of aryl methyl sites for hydroxylation is 4. The lowest BCUT2D eigenvalue weighted by Crippen LogP contribution is -2.32. The Balaban J connectivity index is 1.64. The molecule has 0 aliphatic heterocycles. The van der Waals surface area contributed by atoms with Crippen LogP contribution in [-0.2, 0) is 19.4 Å². The molecule has 0 radical (unpaired) electrons. The first kappa shape index (κ1) is 14.5. The minimum Gasteiger partial charge on any atom is -0.361 e. The molecule has 0 spiro atoms. The predicted molar refractivity (Wildman–Crippen MR) is 78.8 cm³/mol. The van der Waals surface area contributed by atoms with E-state index in [0.29, 0.717) is 30.1 Å². The van der Waals surface area contributed by atoms with Crippen molar-refractivity contribution in [1.29, 1.82) is 0 Å². The number of fused-ring (bicyclic) bond motifs is 1. The molecule has 0 fully saturated rings. The van der Waals surface area contributed by atoms with Crippen LogP contribution in [0.2, 0.25) is 0 Å². The first-order chi connectivity index (χ1) is 10.6. The zero-order chi connectivity index (χ0) is 15.7. The lowest BCUT2D eigenvalue weighted by atomic mass is 10.2. The van der Waals surface area contributed by atoms with Gasteiger partial charge in [0.05, 0.1) is 17.9 Å². The molecular weight excluding hydrogens is 284 g/mol. The first-order valence-corrected chi connectivity index (χ1v) is 7.37. The highest BCUT2D eigenvalue weighted by atomic mass is 16.5. The van der Waals surface area contributed by atoms with Gasteiger partial charge in [-0.15, -0.1) is 0 Å². The fourth-order valence-electron chi connectivity index (χ4n) is 2.77. The van der Waals surface area contributed by atoms with Crippen molar-refractivity contribution in [3.05, 3.63) is 44.7 Å². The van der Waals surface area contributed by atoms with E-state index in [2.05, 4.69) is 15.6 Å². The van der Waals surface area contributed by atoms with Crippen molar-refractivity contribution in [1.82, 2.24) is 20.3 Å². The zero-order valence-electron chi connectivity index (χ0n) is 12.7. The van der Waals surface area contributed by atoms with Gasteiger partial charge in [0.15, 0.2) is 0 Å². The number of amides is 1. The topological polar surface area (TPSA) is 90.0 Å². The lowest BCUT2D eigenvalue weighted by Gasteiger charge is -2.08. The highest BCUT2D eigenvalue weighted by Gasteiger charge is 2.17. The van der Waals surface area contributed by atoms with Gasteiger partial charge in [0.25, 0.3) is 11.5 Å². The summed E-state index contributed by atoms with van der Waals surface area (Å²) in [6, 6.07) is 1.66. The van der Waals surface area contributed by atoms with Gasteiger partial charge in [0, 0.05) is 12.6 Å². The molecule has 0 bridgehead atoms. The number of aromatic nitrogens is 3. The van der Waals surface area contributed by atoms with Crippen molar-refractivity contribution in [2.45, 2.75) is 39.7 Å². The maximum absolute atomic E-state index is 12.1. The fraction of sp³-hybridized carbons (Fsp3) is 0.467. The average molecular weight is 302 g/mol. The van der Waals surface area contributed by atoms with Gasteiger partial charge in [-0.2, -0.15) is 5.10 Å². The van der Waals surface area contributed by atoms with E-state index < -0.39 is 0 Å². The Morgan fingerprint density at radius 1 is 1.41 bits per heavy atom. The molecule has 2 heterocycles. The molecule has 22 heavy (non-hydrogen) atoms. The summed E-state index contributed by atoms with van der Waals surface area (Å²) >= 11 is 0. The van der Waals surface area contributed by atoms with Gasteiger partial charge in [-0.05, 0) is 38.7 Å². The van der Waals surface area contributed by atoms with Crippen LogP contribution in [0.3, 0.4) is 0 Å². The molecule has 0 aromatic carbocycles. The van der Waals surface area contributed by atoms with E-state index in [1.807, 2.05) is 0 Å². The zero-order valence-corrected chi connectivity index (χ0v) is 12.7. The summed E-state index contributed by atoms with van der Waals surface area (Å²) in [5.74, 6) is 0.244. The van der Waals surface area contributed by atoms with Gasteiger partial charge in [-0.25, -0.2) is 4.68 Å². The molecular formula is C15H18N4O3. The van der Waals surface area contributed by atoms with Crippen molar-refractivity contribution in [2.24, 2.45) is 0 Å². The van der Waals surface area contributed by atoms with Crippen molar-refractivity contribution < 1.29 is 9.32 Å². The number of carbonyl (C=O) groups excluding carboxylic acids is 1. The normalized spacial score (nSPS) is 13.2. The summed E-state index contributed by atoms with van der Waals surface area (Å²) in [6.07, 6.45) is 2.90.